The fourth-order valence-electron chi connectivity index (χ4n) is 4.31. The monoisotopic (exact) mass is 457 g/mol. The molecule has 0 radical (unpaired) electrons. The Morgan fingerprint density at radius 1 is 1.22 bits per heavy atom. The summed E-state index contributed by atoms with van der Waals surface area (Å²) in [6.45, 7) is 2.37. The Morgan fingerprint density at radius 2 is 1.91 bits per heavy atom. The molecule has 1 aliphatic carbocycles. The highest BCUT2D eigenvalue weighted by Crippen LogP contribution is 2.27. The zero-order chi connectivity index (χ0) is 22.9. The van der Waals surface area contributed by atoms with Crippen molar-refractivity contribution in [3.05, 3.63) is 52.3 Å². The van der Waals surface area contributed by atoms with E-state index in [1.807, 2.05) is 24.3 Å². The molecule has 1 fully saturated rings. The molecule has 4 rings (SSSR count). The van der Waals surface area contributed by atoms with Gasteiger partial charge in [0.1, 0.15) is 11.2 Å². The lowest BCUT2D eigenvalue weighted by molar-refractivity contribution is -0.133. The quantitative estimate of drug-likeness (QED) is 0.696. The van der Waals surface area contributed by atoms with Crippen molar-refractivity contribution in [1.29, 1.82) is 0 Å². The molecule has 1 atom stereocenters. The second-order valence-electron chi connectivity index (χ2n) is 8.80. The first-order valence-electron chi connectivity index (χ1n) is 11.0. The summed E-state index contributed by atoms with van der Waals surface area (Å²) in [4.78, 5) is 40.1. The average Bonchev–Trinajstić information content (AvgIpc) is 3.43. The lowest BCUT2D eigenvalue weighted by Crippen LogP contribution is -2.63. The fourth-order valence-corrected chi connectivity index (χ4v) is 4.44. The van der Waals surface area contributed by atoms with Gasteiger partial charge in [0.05, 0.1) is 6.54 Å². The summed E-state index contributed by atoms with van der Waals surface area (Å²) < 4.78 is 1.48. The first kappa shape index (κ1) is 22.3. The van der Waals surface area contributed by atoms with E-state index in [0.717, 1.165) is 31.2 Å². The molecule has 2 aromatic rings. The average molecular weight is 458 g/mol. The van der Waals surface area contributed by atoms with Crippen molar-refractivity contribution in [3.63, 3.8) is 0 Å². The van der Waals surface area contributed by atoms with E-state index in [4.69, 9.17) is 11.6 Å². The third-order valence-corrected chi connectivity index (χ3v) is 6.78. The topological polar surface area (TPSA) is 96.3 Å². The smallest absolute Gasteiger partial charge is 0.272 e. The second-order valence-corrected chi connectivity index (χ2v) is 9.23. The number of rotatable bonds is 6. The Labute approximate surface area is 192 Å². The summed E-state index contributed by atoms with van der Waals surface area (Å²) >= 11 is 5.89. The van der Waals surface area contributed by atoms with E-state index in [0.29, 0.717) is 23.7 Å². The molecule has 3 amide bonds. The van der Waals surface area contributed by atoms with E-state index in [1.165, 1.54) is 15.6 Å². The van der Waals surface area contributed by atoms with Crippen LogP contribution in [-0.2, 0) is 17.8 Å². The highest BCUT2D eigenvalue weighted by Gasteiger charge is 2.46. The normalized spacial score (nSPS) is 20.8. The van der Waals surface area contributed by atoms with E-state index in [9.17, 15) is 14.4 Å². The summed E-state index contributed by atoms with van der Waals surface area (Å²) in [5.41, 5.74) is 0.459. The van der Waals surface area contributed by atoms with Gasteiger partial charge in [-0.2, -0.15) is 5.10 Å². The number of carbonyl (C=O) groups excluding carboxylic acids is 3. The van der Waals surface area contributed by atoms with Gasteiger partial charge in [0.25, 0.3) is 11.8 Å². The van der Waals surface area contributed by atoms with Gasteiger partial charge >= 0.3 is 0 Å². The van der Waals surface area contributed by atoms with Crippen LogP contribution < -0.4 is 10.6 Å². The minimum Gasteiger partial charge on any atom is -0.351 e. The van der Waals surface area contributed by atoms with Gasteiger partial charge in [0.15, 0.2) is 5.69 Å². The summed E-state index contributed by atoms with van der Waals surface area (Å²) in [6, 6.07) is 9.09. The van der Waals surface area contributed by atoms with Crippen LogP contribution in [-0.4, -0.2) is 57.6 Å². The number of fused-ring (bicyclic) bond motifs is 1. The number of hydrogen-bond donors (Lipinski definition) is 2. The van der Waals surface area contributed by atoms with Crippen LogP contribution in [0.2, 0.25) is 5.02 Å². The molecular formula is C23H28ClN5O3. The van der Waals surface area contributed by atoms with E-state index < -0.39 is 5.54 Å². The SMILES string of the molecule is CN1C(=O)c2cc(C(=O)NCCc3ccc(Cl)cc3)nn2CC1(C)C(=O)NC1CCCC1. The summed E-state index contributed by atoms with van der Waals surface area (Å²) in [5.74, 6) is -0.864. The van der Waals surface area contributed by atoms with Crippen molar-refractivity contribution in [2.75, 3.05) is 13.6 Å². The van der Waals surface area contributed by atoms with Gasteiger partial charge in [0, 0.05) is 30.7 Å². The first-order valence-corrected chi connectivity index (χ1v) is 11.4. The second kappa shape index (κ2) is 8.94. The minimum atomic E-state index is -1.07. The molecule has 1 aliphatic heterocycles. The van der Waals surface area contributed by atoms with Crippen molar-refractivity contribution in [1.82, 2.24) is 25.3 Å². The van der Waals surface area contributed by atoms with Gasteiger partial charge in [-0.1, -0.05) is 36.6 Å². The van der Waals surface area contributed by atoms with Gasteiger partial charge in [0.2, 0.25) is 5.91 Å². The van der Waals surface area contributed by atoms with Gasteiger partial charge in [-0.3, -0.25) is 19.1 Å². The lowest BCUT2D eigenvalue weighted by atomic mass is 9.95. The molecule has 0 spiro atoms. The molecule has 2 aliphatic rings. The van der Waals surface area contributed by atoms with Crippen LogP contribution in [0.1, 0.15) is 59.1 Å². The standard InChI is InChI=1S/C23H28ClN5O3/c1-23(22(32)26-17-5-3-4-6-17)14-29-19(21(31)28(23)2)13-18(27-29)20(30)25-12-11-15-7-9-16(24)10-8-15/h7-10,13,17H,3-6,11-12,14H2,1-2H3,(H,25,30)(H,26,32). The molecule has 8 nitrogen and oxygen atoms in total. The molecule has 2 heterocycles. The van der Waals surface area contributed by atoms with Gasteiger partial charge in [-0.05, 0) is 43.9 Å². The van der Waals surface area contributed by atoms with Crippen molar-refractivity contribution in [2.24, 2.45) is 0 Å². The van der Waals surface area contributed by atoms with Crippen molar-refractivity contribution in [2.45, 2.75) is 57.2 Å². The number of carbonyl (C=O) groups is 3. The fraction of sp³-hybridized carbons (Fsp3) is 0.478. The maximum atomic E-state index is 13.0. The molecule has 1 unspecified atom stereocenters. The molecule has 0 saturated heterocycles. The van der Waals surface area contributed by atoms with E-state index in [2.05, 4.69) is 15.7 Å². The maximum absolute atomic E-state index is 13.0. The molecule has 170 valence electrons. The number of benzene rings is 1. The zero-order valence-electron chi connectivity index (χ0n) is 18.4. The number of halogens is 1. The van der Waals surface area contributed by atoms with Gasteiger partial charge in [-0.15, -0.1) is 0 Å². The number of amides is 3. The van der Waals surface area contributed by atoms with Crippen LogP contribution in [0, 0.1) is 0 Å². The highest BCUT2D eigenvalue weighted by atomic mass is 35.5. The summed E-state index contributed by atoms with van der Waals surface area (Å²) in [5, 5.41) is 10.9. The van der Waals surface area contributed by atoms with Crippen molar-refractivity contribution < 1.29 is 14.4 Å². The molecule has 1 aromatic carbocycles. The van der Waals surface area contributed by atoms with Crippen molar-refractivity contribution in [3.8, 4) is 0 Å². The van der Waals surface area contributed by atoms with Crippen molar-refractivity contribution >= 4 is 29.3 Å². The van der Waals surface area contributed by atoms with Crippen LogP contribution in [0.25, 0.3) is 0 Å². The predicted octanol–water partition coefficient (Wildman–Crippen LogP) is 2.41. The number of nitrogens with zero attached hydrogens (tertiary/aromatic N) is 3. The number of hydrogen-bond acceptors (Lipinski definition) is 4. The maximum Gasteiger partial charge on any atom is 0.272 e. The minimum absolute atomic E-state index is 0.156. The van der Waals surface area contributed by atoms with Crippen LogP contribution in [0.4, 0.5) is 0 Å². The summed E-state index contributed by atoms with van der Waals surface area (Å²) in [6.07, 6.45) is 4.80. The van der Waals surface area contributed by atoms with Gasteiger partial charge < -0.3 is 15.5 Å². The molecular weight excluding hydrogens is 430 g/mol. The Hall–Kier alpha value is -2.87. The first-order chi connectivity index (χ1) is 15.3. The molecule has 2 N–H and O–H groups in total. The highest BCUT2D eigenvalue weighted by molar-refractivity contribution is 6.30. The third-order valence-electron chi connectivity index (χ3n) is 6.53. The molecule has 1 aromatic heterocycles. The predicted molar refractivity (Wildman–Crippen MR) is 121 cm³/mol. The molecule has 0 bridgehead atoms. The molecule has 9 heteroatoms. The Balaban J connectivity index is 1.43. The van der Waals surface area contributed by atoms with Crippen LogP contribution in [0.5, 0.6) is 0 Å². The van der Waals surface area contributed by atoms with Crippen LogP contribution in [0.15, 0.2) is 30.3 Å². The third kappa shape index (κ3) is 4.37. The molecule has 32 heavy (non-hydrogen) atoms. The van der Waals surface area contributed by atoms with E-state index >= 15 is 0 Å². The van der Waals surface area contributed by atoms with Gasteiger partial charge in [-0.25, -0.2) is 0 Å². The number of likely N-dealkylation sites (N-methyl/N-ethyl adjacent to an activating group) is 1. The summed E-state index contributed by atoms with van der Waals surface area (Å²) in [7, 11) is 1.62. The van der Waals surface area contributed by atoms with E-state index in [-0.39, 0.29) is 36.0 Å². The largest absolute Gasteiger partial charge is 0.351 e. The van der Waals surface area contributed by atoms with Crippen LogP contribution >= 0.6 is 11.6 Å². The number of aromatic nitrogens is 2. The molecule has 1 saturated carbocycles. The zero-order valence-corrected chi connectivity index (χ0v) is 19.1. The Morgan fingerprint density at radius 3 is 2.59 bits per heavy atom. The number of nitrogens with one attached hydrogen (secondary N) is 2. The Kier molecular flexibility index (Phi) is 6.24. The van der Waals surface area contributed by atoms with E-state index in [1.54, 1.807) is 14.0 Å². The lowest BCUT2D eigenvalue weighted by Gasteiger charge is -2.41. The Bertz CT molecular complexity index is 1030. The van der Waals surface area contributed by atoms with Crippen LogP contribution in [0.3, 0.4) is 0 Å².